The monoisotopic (exact) mass is 1460 g/mol. The second-order valence-electron chi connectivity index (χ2n) is 28.7. The van der Waals surface area contributed by atoms with Crippen LogP contribution in [-0.2, 0) is 75.2 Å². The summed E-state index contributed by atoms with van der Waals surface area (Å²) < 4.78 is 12.6. The van der Waals surface area contributed by atoms with Crippen LogP contribution in [-0.4, -0.2) is 102 Å². The summed E-state index contributed by atoms with van der Waals surface area (Å²) in [5.74, 6) is 1.21. The van der Waals surface area contributed by atoms with Crippen LogP contribution in [0, 0.1) is 65.5 Å². The molecule has 5 aromatic heterocycles. The maximum Gasteiger partial charge on any atom is 0.407 e. The summed E-state index contributed by atoms with van der Waals surface area (Å²) in [4.78, 5) is 91.2. The van der Waals surface area contributed by atoms with Crippen molar-refractivity contribution in [1.29, 1.82) is 0 Å². The van der Waals surface area contributed by atoms with Crippen LogP contribution in [0.4, 0.5) is 26.7 Å². The van der Waals surface area contributed by atoms with Crippen LogP contribution in [0.25, 0.3) is 16.7 Å². The number of carbonyl (C=O) groups is 5. The number of aryl methyl sites for hydroxylation is 9. The maximum absolute atomic E-state index is 11.9. The number of nitrogens with one attached hydrogen (secondary N) is 5. The van der Waals surface area contributed by atoms with Crippen molar-refractivity contribution in [3.63, 3.8) is 0 Å². The van der Waals surface area contributed by atoms with Gasteiger partial charge in [0.2, 0.25) is 17.7 Å². The van der Waals surface area contributed by atoms with E-state index < -0.39 is 17.3 Å². The van der Waals surface area contributed by atoms with Crippen molar-refractivity contribution in [3.8, 4) is 5.69 Å². The molecular weight excluding hydrogens is 1350 g/mol. The number of hydrogen-bond acceptors (Lipinski definition) is 15. The number of amides is 5. The van der Waals surface area contributed by atoms with Gasteiger partial charge in [-0.3, -0.25) is 49.0 Å². The fourth-order valence-electron chi connectivity index (χ4n) is 11.9. The Morgan fingerprint density at radius 2 is 0.804 bits per heavy atom. The number of ether oxygens (including phenoxy) is 2. The fraction of sp³-hybridized carbons (Fsp3) is 0.412. The minimum absolute atomic E-state index is 0.00511. The van der Waals surface area contributed by atoms with E-state index in [0.29, 0.717) is 69.5 Å². The molecule has 0 fully saturated rings. The molecule has 0 aliphatic heterocycles. The minimum atomic E-state index is -0.516. The molecule has 7 N–H and O–H groups in total. The molecule has 0 atom stereocenters. The molecule has 0 saturated carbocycles. The lowest BCUT2D eigenvalue weighted by Crippen LogP contribution is -2.33. The highest BCUT2D eigenvalue weighted by Gasteiger charge is 2.22. The molecule has 9 rings (SSSR count). The second-order valence-corrected chi connectivity index (χ2v) is 28.7. The van der Waals surface area contributed by atoms with Gasteiger partial charge >= 0.3 is 12.2 Å². The van der Waals surface area contributed by atoms with Crippen molar-refractivity contribution >= 4 is 58.0 Å². The zero-order valence-corrected chi connectivity index (χ0v) is 66.0. The molecule has 5 heterocycles. The summed E-state index contributed by atoms with van der Waals surface area (Å²) in [6.07, 6.45) is 6.60. The molecular formula is C85H111N13O9. The highest BCUT2D eigenvalue weighted by molar-refractivity contribution is 5.92. The van der Waals surface area contributed by atoms with Gasteiger partial charge in [0.25, 0.3) is 5.69 Å². The van der Waals surface area contributed by atoms with E-state index in [0.717, 1.165) is 135 Å². The molecule has 0 radical (unpaired) electrons. The Morgan fingerprint density at radius 1 is 0.449 bits per heavy atom. The van der Waals surface area contributed by atoms with Crippen LogP contribution < -0.4 is 32.3 Å². The van der Waals surface area contributed by atoms with Gasteiger partial charge in [-0.15, -0.1) is 0 Å². The summed E-state index contributed by atoms with van der Waals surface area (Å²) in [5, 5.41) is 25.7. The van der Waals surface area contributed by atoms with E-state index in [-0.39, 0.29) is 34.4 Å². The highest BCUT2D eigenvalue weighted by atomic mass is 16.6. The van der Waals surface area contributed by atoms with E-state index >= 15 is 0 Å². The molecule has 0 bridgehead atoms. The van der Waals surface area contributed by atoms with Crippen LogP contribution in [0.3, 0.4) is 0 Å². The number of imidazole rings is 1. The van der Waals surface area contributed by atoms with Crippen LogP contribution in [0.15, 0.2) is 121 Å². The van der Waals surface area contributed by atoms with Gasteiger partial charge in [-0.05, 0) is 222 Å². The first-order valence-corrected chi connectivity index (χ1v) is 36.9. The Morgan fingerprint density at radius 3 is 1.22 bits per heavy atom. The number of benzene rings is 4. The van der Waals surface area contributed by atoms with Gasteiger partial charge in [0, 0.05) is 92.3 Å². The summed E-state index contributed by atoms with van der Waals surface area (Å²) in [6.45, 7) is 36.4. The average molecular weight is 1460 g/mol. The van der Waals surface area contributed by atoms with E-state index in [2.05, 4.69) is 137 Å². The third kappa shape index (κ3) is 28.2. The van der Waals surface area contributed by atoms with Crippen LogP contribution in [0.5, 0.6) is 0 Å². The fourth-order valence-corrected chi connectivity index (χ4v) is 11.9. The van der Waals surface area contributed by atoms with E-state index in [1.54, 1.807) is 13.0 Å². The van der Waals surface area contributed by atoms with Crippen molar-refractivity contribution in [1.82, 2.24) is 50.8 Å². The lowest BCUT2D eigenvalue weighted by Gasteiger charge is -2.19. The Balaban J connectivity index is 0.000000223. The summed E-state index contributed by atoms with van der Waals surface area (Å²) in [6, 6.07) is 41.1. The first kappa shape index (κ1) is 85.0. The van der Waals surface area contributed by atoms with Crippen LogP contribution in [0.2, 0.25) is 0 Å². The number of nitro groups is 1. The predicted molar refractivity (Wildman–Crippen MR) is 426 cm³/mol. The number of nitrogens with zero attached hydrogens (tertiary/aromatic N) is 7. The summed E-state index contributed by atoms with van der Waals surface area (Å²) >= 11 is 0. The van der Waals surface area contributed by atoms with Gasteiger partial charge in [-0.25, -0.2) is 14.6 Å². The average Bonchev–Trinajstić information content (AvgIpc) is 1.62. The Hall–Kier alpha value is -10.9. The number of hydrogen-bond donors (Lipinski definition) is 6. The number of rotatable bonds is 25. The van der Waals surface area contributed by atoms with Gasteiger partial charge in [-0.1, -0.05) is 113 Å². The number of pyridine rings is 4. The third-order valence-corrected chi connectivity index (χ3v) is 17.1. The Kier molecular flexibility index (Phi) is 32.2. The first-order chi connectivity index (χ1) is 50.6. The normalized spacial score (nSPS) is 11.0. The van der Waals surface area contributed by atoms with E-state index in [1.165, 1.54) is 27.8 Å². The molecule has 0 spiro atoms. The van der Waals surface area contributed by atoms with Crippen LogP contribution >= 0.6 is 0 Å². The zero-order valence-electron chi connectivity index (χ0n) is 66.0. The molecule has 0 saturated heterocycles. The van der Waals surface area contributed by atoms with E-state index in [1.807, 2.05) is 147 Å². The largest absolute Gasteiger partial charge is 0.444 e. The number of alkyl carbamates (subject to hydrolysis) is 2. The molecule has 0 unspecified atom stereocenters. The van der Waals surface area contributed by atoms with Crippen molar-refractivity contribution in [2.45, 2.75) is 206 Å². The summed E-state index contributed by atoms with van der Waals surface area (Å²) in [5.41, 5.74) is 27.7. The standard InChI is InChI=1S/C22H29N3O2.C21H26N4O.C21H27N3O4.C21H29N3O2/c1-5-20(26)23-12-11-17-7-9-18(10-8-17)14-19-13-15(3)24-16(4)22(19)25-21(27)6-2;1-5-19-24-21-15(4)23-14(3)13-18(21)25(19)17-9-7-16(8-10-17)11-12-22-20(26)6-2;1-14-12-18(19(24(26)27)15(2)23-14)13-17-8-6-16(7-9-17)10-11-22-20(25)28-21(3,4)5;1-14-12-18(19(22)15(2)24-14)13-17-8-6-16(7-9-17)10-11-23-20(25)26-21(3,4)5/h7-10,13H,5-6,11-12,14H2,1-4H3,(H,23,26)(H,25,27);7-10,13H,5-6,11-12H2,1-4H3,(H,22,26);6-9,12H,10-11,13H2,1-5H3,(H,22,25);6-9,12H,10-11,13,22H2,1-5H3,(H,23,25). The lowest BCUT2D eigenvalue weighted by atomic mass is 10.00. The van der Waals surface area contributed by atoms with Gasteiger partial charge < -0.3 is 41.8 Å². The molecule has 22 heteroatoms. The Bertz CT molecular complexity index is 4480. The molecule has 5 amide bonds. The van der Waals surface area contributed by atoms with Crippen molar-refractivity contribution in [2.24, 2.45) is 0 Å². The molecule has 0 aliphatic carbocycles. The minimum Gasteiger partial charge on any atom is -0.444 e. The Labute approximate surface area is 631 Å². The van der Waals surface area contributed by atoms with Crippen molar-refractivity contribution < 1.29 is 38.4 Å². The summed E-state index contributed by atoms with van der Waals surface area (Å²) in [7, 11) is 0. The van der Waals surface area contributed by atoms with Gasteiger partial charge in [0.05, 0.1) is 38.9 Å². The van der Waals surface area contributed by atoms with Gasteiger partial charge in [0.1, 0.15) is 28.2 Å². The maximum atomic E-state index is 11.9. The molecule has 0 aliphatic rings. The van der Waals surface area contributed by atoms with Crippen molar-refractivity contribution in [3.05, 3.63) is 238 Å². The highest BCUT2D eigenvalue weighted by Crippen LogP contribution is 2.29. The SMILES string of the molecule is CCC(=O)NCCc1ccc(-n2c(CC)nc3c(C)nc(C)cc32)cc1.CCC(=O)NCCc1ccc(Cc2cc(C)nc(C)c2NC(=O)CC)cc1.Cc1cc(Cc2ccc(CCNC(=O)OC(C)(C)C)cc2)c(N)c(C)n1.Cc1cc(Cc2ccc(CCNC(=O)OC(C)(C)C)cc2)c([N+](=O)[O-])c(C)n1. The number of fused-ring (bicyclic) bond motifs is 1. The molecule has 570 valence electrons. The topological polar surface area (TPSA) is 302 Å². The van der Waals surface area contributed by atoms with Crippen LogP contribution in [0.1, 0.15) is 196 Å². The zero-order chi connectivity index (χ0) is 78.7. The molecule has 4 aromatic carbocycles. The lowest BCUT2D eigenvalue weighted by molar-refractivity contribution is -0.386. The van der Waals surface area contributed by atoms with E-state index in [4.69, 9.17) is 20.2 Å². The number of nitrogen functional groups attached to an aromatic ring is 1. The second kappa shape index (κ2) is 40.6. The van der Waals surface area contributed by atoms with E-state index in [9.17, 15) is 34.1 Å². The van der Waals surface area contributed by atoms with Gasteiger partial charge in [0.15, 0.2) is 0 Å². The number of aromatic nitrogens is 6. The number of anilines is 2. The quantitative estimate of drug-likeness (QED) is 0.0229. The first-order valence-electron chi connectivity index (χ1n) is 36.9. The third-order valence-electron chi connectivity index (χ3n) is 17.1. The number of nitrogens with two attached hydrogens (primary N) is 1. The predicted octanol–water partition coefficient (Wildman–Crippen LogP) is 15.6. The molecule has 9 aromatic rings. The molecule has 107 heavy (non-hydrogen) atoms. The molecule has 22 nitrogen and oxygen atoms in total. The van der Waals surface area contributed by atoms with Crippen molar-refractivity contribution in [2.75, 3.05) is 37.2 Å². The smallest absolute Gasteiger partial charge is 0.407 e. The number of carbonyl (C=O) groups excluding carboxylic acids is 5. The van der Waals surface area contributed by atoms with Gasteiger partial charge in [-0.2, -0.15) is 0 Å².